The summed E-state index contributed by atoms with van der Waals surface area (Å²) in [6.07, 6.45) is 14.3. The number of allylic oxidation sites excluding steroid dienone is 2. The van der Waals surface area contributed by atoms with Crippen LogP contribution in [0.3, 0.4) is 0 Å². The normalized spacial score (nSPS) is 13.4. The molecule has 0 saturated heterocycles. The van der Waals surface area contributed by atoms with Crippen LogP contribution in [0.5, 0.6) is 0 Å². The van der Waals surface area contributed by atoms with Crippen molar-refractivity contribution in [1.82, 2.24) is 0 Å². The molecule has 1 atom stereocenters. The van der Waals surface area contributed by atoms with Crippen molar-refractivity contribution in [3.05, 3.63) is 12.2 Å². The van der Waals surface area contributed by atoms with Crippen LogP contribution in [0.25, 0.3) is 0 Å². The number of hydrogen-bond acceptors (Lipinski definition) is 2. The first-order valence-corrected chi connectivity index (χ1v) is 8.77. The molecule has 2 nitrogen and oxygen atoms in total. The van der Waals surface area contributed by atoms with E-state index in [2.05, 4.69) is 30.9 Å². The average Bonchev–Trinajstić information content (AvgIpc) is 2.25. The molecule has 0 aliphatic rings. The van der Waals surface area contributed by atoms with E-state index in [-0.39, 0.29) is 0 Å². The number of unbranched alkanes of at least 4 members (excludes halogenated alkanes) is 6. The Bertz CT molecular complexity index is 195. The van der Waals surface area contributed by atoms with Crippen LogP contribution < -0.4 is 0 Å². The molecular formula is C12H25O2PS. The predicted molar refractivity (Wildman–Crippen MR) is 75.6 cm³/mol. The molecule has 1 unspecified atom stereocenters. The second kappa shape index (κ2) is 13.4. The summed E-state index contributed by atoms with van der Waals surface area (Å²) in [4.78, 5) is 8.78. The van der Waals surface area contributed by atoms with E-state index in [1.807, 2.05) is 0 Å². The maximum Gasteiger partial charge on any atom is 0.173 e. The summed E-state index contributed by atoms with van der Waals surface area (Å²) in [7, 11) is -1.87. The fourth-order valence-electron chi connectivity index (χ4n) is 1.52. The largest absolute Gasteiger partial charge is 0.347 e. The van der Waals surface area contributed by atoms with Crippen LogP contribution in [0.1, 0.15) is 58.3 Å². The van der Waals surface area contributed by atoms with Crippen molar-refractivity contribution in [3.63, 3.8) is 0 Å². The highest BCUT2D eigenvalue weighted by molar-refractivity contribution is 8.00. The first-order chi connectivity index (χ1) is 7.77. The third-order valence-corrected chi connectivity index (χ3v) is 3.20. The minimum absolute atomic E-state index is 0.632. The van der Waals surface area contributed by atoms with Gasteiger partial charge in [-0.25, -0.2) is 0 Å². The fourth-order valence-corrected chi connectivity index (χ4v) is 2.08. The first kappa shape index (κ1) is 16.3. The predicted octanol–water partition coefficient (Wildman–Crippen LogP) is 4.20. The Kier molecular flexibility index (Phi) is 13.6. The van der Waals surface area contributed by atoms with Crippen LogP contribution in [-0.2, 0) is 16.3 Å². The molecule has 0 aromatic carbocycles. The standard InChI is InChI=1S/C12H25O2PS/c1-2-3-4-5-6-7-8-9-10-11-12-14-15(13)16/h3-4,15H,2,5-12H2,1H3,(H,13,16)/b4-3-. The zero-order valence-corrected chi connectivity index (χ0v) is 12.1. The molecule has 0 spiro atoms. The summed E-state index contributed by atoms with van der Waals surface area (Å²) in [5, 5.41) is 0. The van der Waals surface area contributed by atoms with Gasteiger partial charge >= 0.3 is 0 Å². The fraction of sp³-hybridized carbons (Fsp3) is 0.833. The molecule has 16 heavy (non-hydrogen) atoms. The Morgan fingerprint density at radius 2 is 1.69 bits per heavy atom. The van der Waals surface area contributed by atoms with Gasteiger partial charge in [-0.2, -0.15) is 0 Å². The van der Waals surface area contributed by atoms with Crippen molar-refractivity contribution in [1.29, 1.82) is 0 Å². The van der Waals surface area contributed by atoms with Gasteiger partial charge in [-0.15, -0.1) is 0 Å². The van der Waals surface area contributed by atoms with Gasteiger partial charge in [0, 0.05) is 0 Å². The van der Waals surface area contributed by atoms with Crippen molar-refractivity contribution in [3.8, 4) is 0 Å². The van der Waals surface area contributed by atoms with Crippen LogP contribution in [-0.4, -0.2) is 11.5 Å². The lowest BCUT2D eigenvalue weighted by molar-refractivity contribution is 0.311. The molecule has 0 aromatic heterocycles. The van der Waals surface area contributed by atoms with E-state index in [9.17, 15) is 0 Å². The van der Waals surface area contributed by atoms with Gasteiger partial charge in [-0.3, -0.25) is 0 Å². The molecule has 1 N–H and O–H groups in total. The minimum Gasteiger partial charge on any atom is -0.347 e. The highest BCUT2D eigenvalue weighted by atomic mass is 32.4. The molecule has 96 valence electrons. The Morgan fingerprint density at radius 1 is 1.06 bits per heavy atom. The number of rotatable bonds is 11. The van der Waals surface area contributed by atoms with Gasteiger partial charge < -0.3 is 9.42 Å². The third-order valence-electron chi connectivity index (χ3n) is 2.39. The average molecular weight is 264 g/mol. The van der Waals surface area contributed by atoms with Gasteiger partial charge in [-0.1, -0.05) is 44.8 Å². The second-order valence-electron chi connectivity index (χ2n) is 3.90. The molecule has 0 aromatic rings. The molecule has 0 rings (SSSR count). The maximum atomic E-state index is 8.78. The molecule has 4 heteroatoms. The summed E-state index contributed by atoms with van der Waals surface area (Å²) in [5.74, 6) is 0. The molecule has 0 saturated carbocycles. The monoisotopic (exact) mass is 264 g/mol. The van der Waals surface area contributed by atoms with Crippen molar-refractivity contribution in [2.24, 2.45) is 0 Å². The molecular weight excluding hydrogens is 239 g/mol. The highest BCUT2D eigenvalue weighted by Gasteiger charge is 1.92. The van der Waals surface area contributed by atoms with Gasteiger partial charge in [0.05, 0.1) is 6.61 Å². The van der Waals surface area contributed by atoms with Crippen LogP contribution in [0.2, 0.25) is 0 Å². The Balaban J connectivity index is 2.98. The molecule has 0 aliphatic carbocycles. The Labute approximate surface area is 106 Å². The van der Waals surface area contributed by atoms with Gasteiger partial charge in [0.2, 0.25) is 0 Å². The van der Waals surface area contributed by atoms with E-state index in [0.717, 1.165) is 12.8 Å². The SMILES string of the molecule is CC/C=C\CCCCCCCCO[PH](O)=S. The van der Waals surface area contributed by atoms with Crippen molar-refractivity contribution >= 4 is 19.0 Å². The van der Waals surface area contributed by atoms with Gasteiger partial charge in [0.25, 0.3) is 0 Å². The topological polar surface area (TPSA) is 29.5 Å². The smallest absolute Gasteiger partial charge is 0.173 e. The Morgan fingerprint density at radius 3 is 2.31 bits per heavy atom. The summed E-state index contributed by atoms with van der Waals surface area (Å²) in [6.45, 7) is 2.80. The van der Waals surface area contributed by atoms with E-state index in [4.69, 9.17) is 9.42 Å². The molecule has 0 radical (unpaired) electrons. The lowest BCUT2D eigenvalue weighted by Gasteiger charge is -2.02. The molecule has 0 amide bonds. The molecule has 0 aliphatic heterocycles. The van der Waals surface area contributed by atoms with E-state index < -0.39 is 7.15 Å². The summed E-state index contributed by atoms with van der Waals surface area (Å²) in [6, 6.07) is 0. The maximum absolute atomic E-state index is 8.78. The van der Waals surface area contributed by atoms with Gasteiger partial charge in [-0.05, 0) is 37.5 Å². The highest BCUT2D eigenvalue weighted by Crippen LogP contribution is 2.16. The lowest BCUT2D eigenvalue weighted by atomic mass is 10.1. The van der Waals surface area contributed by atoms with Crippen molar-refractivity contribution in [2.45, 2.75) is 58.3 Å². The first-order valence-electron chi connectivity index (χ1n) is 6.28. The van der Waals surface area contributed by atoms with Crippen molar-refractivity contribution < 1.29 is 9.42 Å². The summed E-state index contributed by atoms with van der Waals surface area (Å²) in [5.41, 5.74) is 0. The summed E-state index contributed by atoms with van der Waals surface area (Å²) < 4.78 is 4.98. The molecule has 0 heterocycles. The zero-order chi connectivity index (χ0) is 12.1. The minimum atomic E-state index is -1.87. The summed E-state index contributed by atoms with van der Waals surface area (Å²) >= 11 is 4.58. The van der Waals surface area contributed by atoms with Gasteiger partial charge in [0.15, 0.2) is 7.15 Å². The van der Waals surface area contributed by atoms with E-state index in [0.29, 0.717) is 6.61 Å². The zero-order valence-electron chi connectivity index (χ0n) is 10.3. The van der Waals surface area contributed by atoms with E-state index >= 15 is 0 Å². The van der Waals surface area contributed by atoms with Crippen LogP contribution >= 0.6 is 7.15 Å². The van der Waals surface area contributed by atoms with Crippen LogP contribution in [0.4, 0.5) is 0 Å². The Hall–Kier alpha value is 0.310. The van der Waals surface area contributed by atoms with E-state index in [1.54, 1.807) is 0 Å². The second-order valence-corrected chi connectivity index (χ2v) is 5.77. The van der Waals surface area contributed by atoms with E-state index in [1.165, 1.54) is 38.5 Å². The third kappa shape index (κ3) is 14.3. The lowest BCUT2D eigenvalue weighted by Crippen LogP contribution is -1.87. The van der Waals surface area contributed by atoms with Crippen LogP contribution in [0.15, 0.2) is 12.2 Å². The number of hydrogen-bond donors (Lipinski definition) is 1. The molecule has 0 bridgehead atoms. The van der Waals surface area contributed by atoms with Crippen molar-refractivity contribution in [2.75, 3.05) is 6.61 Å². The molecule has 0 fully saturated rings. The van der Waals surface area contributed by atoms with Crippen LogP contribution in [0, 0.1) is 0 Å². The van der Waals surface area contributed by atoms with Gasteiger partial charge in [0.1, 0.15) is 0 Å². The quantitative estimate of drug-likeness (QED) is 0.344.